The maximum atomic E-state index is 10.4. The highest BCUT2D eigenvalue weighted by molar-refractivity contribution is 6.38. The van der Waals surface area contributed by atoms with Crippen LogP contribution in [0.1, 0.15) is 6.92 Å². The minimum Gasteiger partial charge on any atom is -0.381 e. The summed E-state index contributed by atoms with van der Waals surface area (Å²) in [5.41, 5.74) is 9.86. The number of hydrogen-bond acceptors (Lipinski definition) is 3. The van der Waals surface area contributed by atoms with Crippen LogP contribution in [0.25, 0.3) is 0 Å². The molecule has 0 aromatic heterocycles. The third kappa shape index (κ3) is 1.70. The van der Waals surface area contributed by atoms with Crippen LogP contribution in [0.4, 0.5) is 0 Å². The minimum absolute atomic E-state index is 0.472. The van der Waals surface area contributed by atoms with Gasteiger partial charge < -0.3 is 11.5 Å². The molecule has 8 heavy (non-hydrogen) atoms. The van der Waals surface area contributed by atoms with E-state index in [-0.39, 0.29) is 0 Å². The van der Waals surface area contributed by atoms with Gasteiger partial charge in [-0.05, 0) is 6.92 Å². The molecule has 0 aliphatic heterocycles. The van der Waals surface area contributed by atoms with Gasteiger partial charge in [-0.15, -0.1) is 0 Å². The number of Topliss-reactive ketones (excluding diaryl/α,β-unsaturated/α-hetero) is 1. The molecule has 0 heterocycles. The molecular weight excluding hydrogens is 106 g/mol. The fraction of sp³-hybridized carbons (Fsp3) is 0.500. The Kier molecular flexibility index (Phi) is 2.15. The Morgan fingerprint density at radius 3 is 2.12 bits per heavy atom. The Morgan fingerprint density at radius 1 is 1.75 bits per heavy atom. The zero-order chi connectivity index (χ0) is 6.73. The SMILES string of the molecule is CC(N)C(=O)C(=N)N. The summed E-state index contributed by atoms with van der Waals surface area (Å²) in [6.45, 7) is 1.49. The molecule has 0 saturated carbocycles. The van der Waals surface area contributed by atoms with Crippen molar-refractivity contribution in [1.29, 1.82) is 5.41 Å². The largest absolute Gasteiger partial charge is 0.381 e. The monoisotopic (exact) mass is 115 g/mol. The van der Waals surface area contributed by atoms with Gasteiger partial charge in [0.25, 0.3) is 0 Å². The Hall–Kier alpha value is -0.900. The van der Waals surface area contributed by atoms with Crippen molar-refractivity contribution in [3.05, 3.63) is 0 Å². The maximum absolute atomic E-state index is 10.4. The van der Waals surface area contributed by atoms with E-state index >= 15 is 0 Å². The number of nitrogens with two attached hydrogens (primary N) is 2. The zero-order valence-electron chi connectivity index (χ0n) is 4.64. The van der Waals surface area contributed by atoms with Crippen LogP contribution in [0.15, 0.2) is 0 Å². The number of nitrogens with one attached hydrogen (secondary N) is 1. The van der Waals surface area contributed by atoms with E-state index < -0.39 is 17.7 Å². The number of carbonyl (C=O) groups is 1. The molecular formula is C4H9N3O. The molecule has 46 valence electrons. The second-order valence-electron chi connectivity index (χ2n) is 1.57. The van der Waals surface area contributed by atoms with Crippen LogP contribution < -0.4 is 11.5 Å². The highest BCUT2D eigenvalue weighted by atomic mass is 16.1. The molecule has 4 heteroatoms. The van der Waals surface area contributed by atoms with Gasteiger partial charge >= 0.3 is 0 Å². The first-order chi connectivity index (χ1) is 3.55. The fourth-order valence-electron chi connectivity index (χ4n) is 0.245. The second-order valence-corrected chi connectivity index (χ2v) is 1.57. The summed E-state index contributed by atoms with van der Waals surface area (Å²) in [6, 6.07) is -0.646. The van der Waals surface area contributed by atoms with Crippen LogP contribution in [0.5, 0.6) is 0 Å². The molecule has 0 aliphatic rings. The first kappa shape index (κ1) is 7.10. The van der Waals surface area contributed by atoms with E-state index in [9.17, 15) is 4.79 Å². The van der Waals surface area contributed by atoms with E-state index in [4.69, 9.17) is 16.9 Å². The Bertz CT molecular complexity index is 118. The van der Waals surface area contributed by atoms with Crippen molar-refractivity contribution in [2.45, 2.75) is 13.0 Å². The lowest BCUT2D eigenvalue weighted by atomic mass is 10.2. The predicted molar refractivity (Wildman–Crippen MR) is 30.6 cm³/mol. The second kappa shape index (κ2) is 2.42. The molecule has 0 saturated heterocycles. The molecule has 0 aromatic carbocycles. The smallest absolute Gasteiger partial charge is 0.213 e. The molecule has 0 fully saturated rings. The molecule has 1 unspecified atom stereocenters. The normalized spacial score (nSPS) is 12.8. The molecule has 5 N–H and O–H groups in total. The van der Waals surface area contributed by atoms with Crippen LogP contribution in [0.2, 0.25) is 0 Å². The summed E-state index contributed by atoms with van der Waals surface area (Å²) in [7, 11) is 0. The molecule has 0 rings (SSSR count). The van der Waals surface area contributed by atoms with Gasteiger partial charge in [-0.3, -0.25) is 10.2 Å². The predicted octanol–water partition coefficient (Wildman–Crippen LogP) is -1.16. The van der Waals surface area contributed by atoms with Crippen LogP contribution in [0, 0.1) is 5.41 Å². The lowest BCUT2D eigenvalue weighted by molar-refractivity contribution is -0.113. The zero-order valence-corrected chi connectivity index (χ0v) is 4.64. The maximum Gasteiger partial charge on any atom is 0.213 e. The van der Waals surface area contributed by atoms with Gasteiger partial charge in [0, 0.05) is 0 Å². The van der Waals surface area contributed by atoms with Crippen LogP contribution in [0.3, 0.4) is 0 Å². The van der Waals surface area contributed by atoms with Crippen LogP contribution in [-0.4, -0.2) is 17.7 Å². The molecule has 1 atom stereocenters. The van der Waals surface area contributed by atoms with E-state index in [1.54, 1.807) is 0 Å². The van der Waals surface area contributed by atoms with Crippen molar-refractivity contribution in [2.75, 3.05) is 0 Å². The Balaban J connectivity index is 3.84. The summed E-state index contributed by atoms with van der Waals surface area (Å²) in [4.78, 5) is 10.4. The van der Waals surface area contributed by atoms with E-state index in [1.165, 1.54) is 6.92 Å². The van der Waals surface area contributed by atoms with E-state index in [2.05, 4.69) is 0 Å². The summed E-state index contributed by atoms with van der Waals surface area (Å²) in [6.07, 6.45) is 0. The Labute approximate surface area is 47.4 Å². The van der Waals surface area contributed by atoms with Crippen molar-refractivity contribution < 1.29 is 4.79 Å². The van der Waals surface area contributed by atoms with Crippen LogP contribution in [-0.2, 0) is 4.79 Å². The number of hydrogen-bond donors (Lipinski definition) is 3. The van der Waals surface area contributed by atoms with Gasteiger partial charge in [0.05, 0.1) is 6.04 Å². The summed E-state index contributed by atoms with van der Waals surface area (Å²) < 4.78 is 0. The molecule has 0 spiro atoms. The standard InChI is InChI=1S/C4H9N3O/c1-2(5)3(8)4(6)7/h2H,5H2,1H3,(H3,6,7). The average Bonchev–Trinajstić information content (AvgIpc) is 1.64. The topological polar surface area (TPSA) is 93.0 Å². The third-order valence-electron chi connectivity index (χ3n) is 0.679. The third-order valence-corrected chi connectivity index (χ3v) is 0.679. The highest BCUT2D eigenvalue weighted by Crippen LogP contribution is 1.75. The van der Waals surface area contributed by atoms with Gasteiger partial charge in [-0.25, -0.2) is 0 Å². The number of carbonyl (C=O) groups excluding carboxylic acids is 1. The summed E-state index contributed by atoms with van der Waals surface area (Å²) in [5.74, 6) is -0.981. The lowest BCUT2D eigenvalue weighted by Gasteiger charge is -1.98. The first-order valence-electron chi connectivity index (χ1n) is 2.19. The number of rotatable bonds is 2. The van der Waals surface area contributed by atoms with Gasteiger partial charge in [0.1, 0.15) is 0 Å². The quantitative estimate of drug-likeness (QED) is 0.313. The van der Waals surface area contributed by atoms with Gasteiger partial charge in [0.2, 0.25) is 5.78 Å². The Morgan fingerprint density at radius 2 is 2.12 bits per heavy atom. The number of amidine groups is 1. The van der Waals surface area contributed by atoms with E-state index in [0.717, 1.165) is 0 Å². The van der Waals surface area contributed by atoms with Crippen LogP contribution >= 0.6 is 0 Å². The molecule has 0 aromatic rings. The fourth-order valence-corrected chi connectivity index (χ4v) is 0.245. The molecule has 0 radical (unpaired) electrons. The average molecular weight is 115 g/mol. The van der Waals surface area contributed by atoms with E-state index in [0.29, 0.717) is 0 Å². The van der Waals surface area contributed by atoms with Crippen molar-refractivity contribution >= 4 is 11.6 Å². The molecule has 0 aliphatic carbocycles. The summed E-state index contributed by atoms with van der Waals surface area (Å²) in [5, 5.41) is 6.58. The first-order valence-corrected chi connectivity index (χ1v) is 2.19. The minimum atomic E-state index is -0.646. The van der Waals surface area contributed by atoms with Gasteiger partial charge in [-0.2, -0.15) is 0 Å². The summed E-state index contributed by atoms with van der Waals surface area (Å²) >= 11 is 0. The van der Waals surface area contributed by atoms with Gasteiger partial charge in [0.15, 0.2) is 5.84 Å². The van der Waals surface area contributed by atoms with E-state index in [1.807, 2.05) is 0 Å². The van der Waals surface area contributed by atoms with Crippen molar-refractivity contribution in [2.24, 2.45) is 11.5 Å². The molecule has 0 amide bonds. The lowest BCUT2D eigenvalue weighted by Crippen LogP contribution is -2.36. The molecule has 4 nitrogen and oxygen atoms in total. The van der Waals surface area contributed by atoms with Crippen molar-refractivity contribution in [3.63, 3.8) is 0 Å². The number of ketones is 1. The van der Waals surface area contributed by atoms with Crippen molar-refractivity contribution in [1.82, 2.24) is 0 Å². The highest BCUT2D eigenvalue weighted by Gasteiger charge is 2.08. The molecule has 0 bridgehead atoms. The van der Waals surface area contributed by atoms with Gasteiger partial charge in [-0.1, -0.05) is 0 Å². The van der Waals surface area contributed by atoms with Crippen molar-refractivity contribution in [3.8, 4) is 0 Å².